The molecule has 4 rings (SSSR count). The van der Waals surface area contributed by atoms with Crippen molar-refractivity contribution in [2.45, 2.75) is 18.6 Å². The Morgan fingerprint density at radius 2 is 1.82 bits per heavy atom. The second-order valence-electron chi connectivity index (χ2n) is 7.23. The topological polar surface area (TPSA) is 87.9 Å². The third-order valence-electron chi connectivity index (χ3n) is 5.47. The summed E-state index contributed by atoms with van der Waals surface area (Å²) in [6.45, 7) is 0.502. The number of fused-ring (bicyclic) bond motifs is 1. The fourth-order valence-corrected chi connectivity index (χ4v) is 3.90. The maximum absolute atomic E-state index is 14.6. The van der Waals surface area contributed by atoms with Crippen molar-refractivity contribution in [3.8, 4) is 0 Å². The Balaban J connectivity index is 1.44. The van der Waals surface area contributed by atoms with Crippen molar-refractivity contribution >= 4 is 23.4 Å². The molecule has 3 aliphatic rings. The van der Waals surface area contributed by atoms with Crippen molar-refractivity contribution in [1.82, 2.24) is 5.32 Å². The molecule has 2 saturated heterocycles. The van der Waals surface area contributed by atoms with Crippen LogP contribution in [-0.4, -0.2) is 56.8 Å². The molecular weight excluding hydrogens is 384 g/mol. The zero-order valence-corrected chi connectivity index (χ0v) is 14.6. The predicted molar refractivity (Wildman–Crippen MR) is 90.2 cm³/mol. The van der Waals surface area contributed by atoms with Gasteiger partial charge in [0, 0.05) is 31.3 Å². The average Bonchev–Trinajstić information content (AvgIpc) is 3.00. The third-order valence-corrected chi connectivity index (χ3v) is 5.47. The van der Waals surface area contributed by atoms with Gasteiger partial charge in [-0.25, -0.2) is 13.6 Å². The molecule has 0 bridgehead atoms. The molecule has 1 aliphatic carbocycles. The largest absolute Gasteiger partial charge is 0.442 e. The van der Waals surface area contributed by atoms with Gasteiger partial charge in [-0.2, -0.15) is 8.78 Å². The van der Waals surface area contributed by atoms with Gasteiger partial charge in [0.05, 0.1) is 18.8 Å². The highest BCUT2D eigenvalue weighted by Crippen LogP contribution is 2.46. The molecule has 2 aliphatic heterocycles. The van der Waals surface area contributed by atoms with Crippen LogP contribution in [0.4, 0.5) is 33.7 Å². The number of amides is 2. The van der Waals surface area contributed by atoms with E-state index in [0.29, 0.717) is 13.1 Å². The minimum absolute atomic E-state index is 0.0486. The van der Waals surface area contributed by atoms with Crippen molar-refractivity contribution in [2.24, 2.45) is 17.6 Å². The summed E-state index contributed by atoms with van der Waals surface area (Å²) in [6, 6.07) is 2.15. The molecule has 4 atom stereocenters. The fraction of sp³-hybridized carbons (Fsp3) is 0.529. The van der Waals surface area contributed by atoms with E-state index in [1.807, 2.05) is 5.32 Å². The van der Waals surface area contributed by atoms with Crippen LogP contribution in [0.15, 0.2) is 12.1 Å². The van der Waals surface area contributed by atoms with Crippen LogP contribution in [0.5, 0.6) is 0 Å². The summed E-state index contributed by atoms with van der Waals surface area (Å²) < 4.78 is 58.5. The molecule has 3 N–H and O–H groups in total. The first-order chi connectivity index (χ1) is 13.3. The van der Waals surface area contributed by atoms with E-state index in [0.717, 1.165) is 17.0 Å². The molecule has 0 spiro atoms. The molecule has 1 unspecified atom stereocenters. The van der Waals surface area contributed by atoms with E-state index in [9.17, 15) is 27.2 Å². The van der Waals surface area contributed by atoms with E-state index in [4.69, 9.17) is 10.5 Å². The van der Waals surface area contributed by atoms with Crippen LogP contribution in [0, 0.1) is 23.5 Å². The molecule has 0 radical (unpaired) electrons. The Hall–Kier alpha value is -2.56. The molecule has 1 aromatic rings. The average molecular weight is 402 g/mol. The number of hydrogen-bond donors (Lipinski definition) is 2. The zero-order valence-electron chi connectivity index (χ0n) is 14.6. The Morgan fingerprint density at radius 3 is 2.39 bits per heavy atom. The second-order valence-corrected chi connectivity index (χ2v) is 7.23. The lowest BCUT2D eigenvalue weighted by atomic mass is 10.2. The SMILES string of the molecule is NC1[C@H]2CN(c3c(F)cc(N4C[C@H](CNC(=O)C(F)F)OC4=O)cc3F)C[C@@H]12. The summed E-state index contributed by atoms with van der Waals surface area (Å²) >= 11 is 0. The van der Waals surface area contributed by atoms with E-state index in [-0.39, 0.29) is 42.3 Å². The number of carbonyl (C=O) groups is 2. The molecule has 1 aromatic carbocycles. The van der Waals surface area contributed by atoms with Crippen LogP contribution in [0.1, 0.15) is 0 Å². The summed E-state index contributed by atoms with van der Waals surface area (Å²) in [6.07, 6.45) is -4.97. The minimum atomic E-state index is -3.19. The van der Waals surface area contributed by atoms with Gasteiger partial charge in [0.1, 0.15) is 11.8 Å². The van der Waals surface area contributed by atoms with Crippen LogP contribution in [-0.2, 0) is 9.53 Å². The number of hydrogen-bond acceptors (Lipinski definition) is 5. The molecule has 11 heteroatoms. The van der Waals surface area contributed by atoms with E-state index >= 15 is 0 Å². The number of nitrogens with one attached hydrogen (secondary N) is 1. The Bertz CT molecular complexity index is 789. The van der Waals surface area contributed by atoms with Crippen LogP contribution in [0.3, 0.4) is 0 Å². The summed E-state index contributed by atoms with van der Waals surface area (Å²) in [5, 5.41) is 1.94. The molecule has 28 heavy (non-hydrogen) atoms. The van der Waals surface area contributed by atoms with Crippen molar-refractivity contribution in [2.75, 3.05) is 36.0 Å². The van der Waals surface area contributed by atoms with Gasteiger partial charge in [0.15, 0.2) is 11.6 Å². The van der Waals surface area contributed by atoms with E-state index in [1.54, 1.807) is 4.90 Å². The zero-order chi connectivity index (χ0) is 20.2. The summed E-state index contributed by atoms with van der Waals surface area (Å²) in [5.41, 5.74) is 5.64. The van der Waals surface area contributed by atoms with Crippen LogP contribution in [0.2, 0.25) is 0 Å². The number of anilines is 2. The monoisotopic (exact) mass is 402 g/mol. The van der Waals surface area contributed by atoms with Crippen molar-refractivity contribution in [3.05, 3.63) is 23.8 Å². The maximum atomic E-state index is 14.6. The molecule has 0 aromatic heterocycles. The van der Waals surface area contributed by atoms with Gasteiger partial charge in [0.2, 0.25) is 0 Å². The van der Waals surface area contributed by atoms with Gasteiger partial charge in [-0.3, -0.25) is 9.69 Å². The van der Waals surface area contributed by atoms with Gasteiger partial charge in [0.25, 0.3) is 5.91 Å². The van der Waals surface area contributed by atoms with Crippen LogP contribution < -0.4 is 20.9 Å². The Morgan fingerprint density at radius 1 is 1.21 bits per heavy atom. The van der Waals surface area contributed by atoms with E-state index in [1.165, 1.54) is 0 Å². The lowest BCUT2D eigenvalue weighted by Crippen LogP contribution is -2.37. The molecule has 3 fully saturated rings. The molecule has 2 heterocycles. The van der Waals surface area contributed by atoms with Gasteiger partial charge in [-0.05, 0) is 11.8 Å². The van der Waals surface area contributed by atoms with Gasteiger partial charge in [-0.15, -0.1) is 0 Å². The van der Waals surface area contributed by atoms with Crippen molar-refractivity contribution in [3.63, 3.8) is 0 Å². The van der Waals surface area contributed by atoms with Crippen LogP contribution in [0.25, 0.3) is 0 Å². The normalized spacial score (nSPS) is 28.6. The highest BCUT2D eigenvalue weighted by atomic mass is 19.3. The van der Waals surface area contributed by atoms with Crippen LogP contribution >= 0.6 is 0 Å². The molecular formula is C17H18F4N4O3. The molecule has 1 saturated carbocycles. The van der Waals surface area contributed by atoms with Crippen molar-refractivity contribution < 1.29 is 31.9 Å². The highest BCUT2D eigenvalue weighted by molar-refractivity contribution is 5.90. The smallest absolute Gasteiger partial charge is 0.414 e. The number of ether oxygens (including phenoxy) is 1. The second kappa shape index (κ2) is 6.80. The summed E-state index contributed by atoms with van der Waals surface area (Å²) in [5.74, 6) is -2.62. The Labute approximate surface area is 157 Å². The fourth-order valence-electron chi connectivity index (χ4n) is 3.90. The quantitative estimate of drug-likeness (QED) is 0.720. The molecule has 7 nitrogen and oxygen atoms in total. The molecule has 152 valence electrons. The van der Waals surface area contributed by atoms with Gasteiger partial charge < -0.3 is 20.7 Å². The number of carbonyl (C=O) groups excluding carboxylic acids is 2. The number of rotatable bonds is 5. The predicted octanol–water partition coefficient (Wildman–Crippen LogP) is 1.06. The summed E-state index contributed by atoms with van der Waals surface area (Å²) in [7, 11) is 0. The maximum Gasteiger partial charge on any atom is 0.414 e. The van der Waals surface area contributed by atoms with Crippen molar-refractivity contribution in [1.29, 1.82) is 0 Å². The number of alkyl halides is 2. The lowest BCUT2D eigenvalue weighted by Gasteiger charge is -2.24. The highest BCUT2D eigenvalue weighted by Gasteiger charge is 2.54. The Kier molecular flexibility index (Phi) is 4.56. The standard InChI is InChI=1S/C17H18F4N4O3/c18-11-1-7(2-12(19)14(11)24-5-9-10(6-24)13(9)22)25-4-8(28-17(25)27)3-23-16(26)15(20)21/h1-2,8-10,13,15H,3-6,22H2,(H,23,26)/t8-,9-,10+,13?/m0/s1. The van der Waals surface area contributed by atoms with Gasteiger partial charge in [-0.1, -0.05) is 0 Å². The minimum Gasteiger partial charge on any atom is -0.442 e. The first-order valence-corrected chi connectivity index (χ1v) is 8.80. The lowest BCUT2D eigenvalue weighted by molar-refractivity contribution is -0.132. The first-order valence-electron chi connectivity index (χ1n) is 8.80. The molecule has 2 amide bonds. The number of benzene rings is 1. The third kappa shape index (κ3) is 3.23. The number of cyclic esters (lactones) is 1. The summed E-state index contributed by atoms with van der Waals surface area (Å²) in [4.78, 5) is 25.5. The first kappa shape index (κ1) is 18.8. The number of nitrogens with two attached hydrogens (primary N) is 1. The number of nitrogens with zero attached hydrogens (tertiary/aromatic N) is 2. The van der Waals surface area contributed by atoms with E-state index < -0.39 is 36.2 Å². The van der Waals surface area contributed by atoms with Gasteiger partial charge >= 0.3 is 12.5 Å². The number of halogens is 4. The number of piperidine rings is 1. The van der Waals surface area contributed by atoms with E-state index in [2.05, 4.69) is 0 Å².